The summed E-state index contributed by atoms with van der Waals surface area (Å²) in [6.07, 6.45) is 0. The minimum Gasteiger partial charge on any atom is -0.507 e. The molecule has 146 valence electrons. The van der Waals surface area contributed by atoms with Crippen molar-refractivity contribution in [3.05, 3.63) is 46.5 Å². The van der Waals surface area contributed by atoms with Gasteiger partial charge >= 0.3 is 0 Å². The van der Waals surface area contributed by atoms with Gasteiger partial charge in [0.2, 0.25) is 5.75 Å². The van der Waals surface area contributed by atoms with E-state index in [4.69, 9.17) is 14.2 Å². The molecule has 0 atom stereocenters. The number of methoxy groups -OCH3 is 3. The summed E-state index contributed by atoms with van der Waals surface area (Å²) in [5.41, 5.74) is 2.48. The average molecular weight is 372 g/mol. The molecule has 0 radical (unpaired) electrons. The van der Waals surface area contributed by atoms with Gasteiger partial charge in [-0.2, -0.15) is 0 Å². The number of aromatic hydroxyl groups is 1. The van der Waals surface area contributed by atoms with E-state index in [-0.39, 0.29) is 23.4 Å². The third-order valence-corrected chi connectivity index (χ3v) is 4.60. The van der Waals surface area contributed by atoms with Crippen LogP contribution in [0.3, 0.4) is 0 Å². The van der Waals surface area contributed by atoms with Crippen molar-refractivity contribution in [2.45, 2.75) is 39.5 Å². The van der Waals surface area contributed by atoms with Crippen molar-refractivity contribution in [2.75, 3.05) is 21.3 Å². The largest absolute Gasteiger partial charge is 0.507 e. The Morgan fingerprint density at radius 2 is 1.19 bits per heavy atom. The average Bonchev–Trinajstić information content (AvgIpc) is 2.65. The Balaban J connectivity index is 2.64. The van der Waals surface area contributed by atoms with E-state index in [0.29, 0.717) is 28.4 Å². The number of benzene rings is 2. The van der Waals surface area contributed by atoms with E-state index in [1.165, 1.54) is 21.3 Å². The minimum atomic E-state index is -0.168. The van der Waals surface area contributed by atoms with Crippen LogP contribution in [0, 0.1) is 0 Å². The zero-order valence-electron chi connectivity index (χ0n) is 17.0. The van der Waals surface area contributed by atoms with E-state index < -0.39 is 0 Å². The Morgan fingerprint density at radius 1 is 0.778 bits per heavy atom. The Morgan fingerprint density at radius 3 is 1.52 bits per heavy atom. The Labute approximate surface area is 160 Å². The summed E-state index contributed by atoms with van der Waals surface area (Å²) in [5, 5.41) is 10.6. The number of carbonyl (C=O) groups is 1. The van der Waals surface area contributed by atoms with Gasteiger partial charge in [0.25, 0.3) is 0 Å². The van der Waals surface area contributed by atoms with Gasteiger partial charge in [0.1, 0.15) is 5.75 Å². The second kappa shape index (κ2) is 8.33. The summed E-state index contributed by atoms with van der Waals surface area (Å²) in [7, 11) is 4.55. The summed E-state index contributed by atoms with van der Waals surface area (Å²) in [6.45, 7) is 7.97. The predicted octanol–water partition coefficient (Wildman–Crippen LogP) is 4.90. The van der Waals surface area contributed by atoms with Crippen LogP contribution in [0.2, 0.25) is 0 Å². The highest BCUT2D eigenvalue weighted by Crippen LogP contribution is 2.40. The van der Waals surface area contributed by atoms with Gasteiger partial charge in [-0.05, 0) is 47.2 Å². The van der Waals surface area contributed by atoms with Crippen molar-refractivity contribution in [3.8, 4) is 23.0 Å². The fourth-order valence-electron chi connectivity index (χ4n) is 3.07. The number of rotatable bonds is 7. The van der Waals surface area contributed by atoms with E-state index in [1.807, 2.05) is 27.7 Å². The molecule has 0 heterocycles. The van der Waals surface area contributed by atoms with E-state index in [0.717, 1.165) is 11.1 Å². The van der Waals surface area contributed by atoms with Crippen LogP contribution in [0.15, 0.2) is 24.3 Å². The third kappa shape index (κ3) is 4.02. The zero-order valence-corrected chi connectivity index (χ0v) is 17.0. The van der Waals surface area contributed by atoms with E-state index in [2.05, 4.69) is 0 Å². The third-order valence-electron chi connectivity index (χ3n) is 4.60. The van der Waals surface area contributed by atoms with Gasteiger partial charge in [-0.15, -0.1) is 0 Å². The predicted molar refractivity (Wildman–Crippen MR) is 106 cm³/mol. The molecule has 27 heavy (non-hydrogen) atoms. The van der Waals surface area contributed by atoms with Crippen molar-refractivity contribution in [2.24, 2.45) is 0 Å². The second-order valence-corrected chi connectivity index (χ2v) is 7.06. The molecule has 0 fully saturated rings. The molecule has 1 N–H and O–H groups in total. The number of carbonyl (C=O) groups excluding carboxylic acids is 1. The molecule has 2 aromatic rings. The minimum absolute atomic E-state index is 0.0928. The summed E-state index contributed by atoms with van der Waals surface area (Å²) >= 11 is 0. The summed E-state index contributed by atoms with van der Waals surface area (Å²) in [6, 6.07) is 6.80. The number of ether oxygens (including phenoxy) is 3. The van der Waals surface area contributed by atoms with Crippen LogP contribution >= 0.6 is 0 Å². The lowest BCUT2D eigenvalue weighted by molar-refractivity contribution is 0.103. The summed E-state index contributed by atoms with van der Waals surface area (Å²) in [4.78, 5) is 13.2. The van der Waals surface area contributed by atoms with Gasteiger partial charge in [0.15, 0.2) is 17.3 Å². The maximum Gasteiger partial charge on any atom is 0.203 e. The molecule has 0 aliphatic carbocycles. The van der Waals surface area contributed by atoms with Crippen LogP contribution in [0.25, 0.3) is 0 Å². The smallest absolute Gasteiger partial charge is 0.203 e. The van der Waals surface area contributed by atoms with Crippen LogP contribution in [0.1, 0.15) is 66.6 Å². The van der Waals surface area contributed by atoms with Crippen molar-refractivity contribution < 1.29 is 24.1 Å². The Bertz CT molecular complexity index is 783. The first kappa shape index (κ1) is 20.6. The number of ketones is 1. The number of phenolic OH excluding ortho intramolecular Hbond substituents is 1. The summed E-state index contributed by atoms with van der Waals surface area (Å²) < 4.78 is 16.0. The molecular formula is C22H28O5. The van der Waals surface area contributed by atoms with Crippen molar-refractivity contribution in [1.82, 2.24) is 0 Å². The lowest BCUT2D eigenvalue weighted by Gasteiger charge is -2.18. The molecule has 0 aliphatic heterocycles. The van der Waals surface area contributed by atoms with Crippen molar-refractivity contribution in [1.29, 1.82) is 0 Å². The van der Waals surface area contributed by atoms with Crippen LogP contribution < -0.4 is 14.2 Å². The van der Waals surface area contributed by atoms with E-state index >= 15 is 0 Å². The Hall–Kier alpha value is -2.69. The molecule has 0 spiro atoms. The van der Waals surface area contributed by atoms with Crippen molar-refractivity contribution in [3.63, 3.8) is 0 Å². The quantitative estimate of drug-likeness (QED) is 0.701. The van der Waals surface area contributed by atoms with Gasteiger partial charge in [-0.3, -0.25) is 4.79 Å². The van der Waals surface area contributed by atoms with Gasteiger partial charge in [0.05, 0.1) is 21.3 Å². The second-order valence-electron chi connectivity index (χ2n) is 7.06. The molecule has 0 aromatic heterocycles. The van der Waals surface area contributed by atoms with Crippen LogP contribution in [0.5, 0.6) is 23.0 Å². The van der Waals surface area contributed by atoms with Crippen LogP contribution in [-0.2, 0) is 0 Å². The first-order chi connectivity index (χ1) is 12.7. The molecule has 5 heteroatoms. The number of phenols is 1. The maximum atomic E-state index is 13.2. The zero-order chi connectivity index (χ0) is 20.3. The lowest BCUT2D eigenvalue weighted by Crippen LogP contribution is -2.07. The highest BCUT2D eigenvalue weighted by atomic mass is 16.5. The summed E-state index contributed by atoms with van der Waals surface area (Å²) in [5.74, 6) is 1.57. The number of hydrogen-bond donors (Lipinski definition) is 1. The first-order valence-corrected chi connectivity index (χ1v) is 8.96. The lowest BCUT2D eigenvalue weighted by atomic mass is 9.89. The molecule has 0 unspecified atom stereocenters. The van der Waals surface area contributed by atoms with Crippen LogP contribution in [-0.4, -0.2) is 32.2 Å². The highest BCUT2D eigenvalue weighted by Gasteiger charge is 2.22. The van der Waals surface area contributed by atoms with E-state index in [9.17, 15) is 9.90 Å². The van der Waals surface area contributed by atoms with Crippen LogP contribution in [0.4, 0.5) is 0 Å². The first-order valence-electron chi connectivity index (χ1n) is 8.96. The molecule has 0 saturated carbocycles. The number of hydrogen-bond acceptors (Lipinski definition) is 5. The molecule has 0 aliphatic rings. The SMILES string of the molecule is COc1cc(C(=O)c2cc(C(C)C)c(O)c(C(C)C)c2)cc(OC)c1OC. The molecule has 0 saturated heterocycles. The van der Waals surface area contributed by atoms with Gasteiger partial charge < -0.3 is 19.3 Å². The standard InChI is InChI=1S/C22H28O5/c1-12(2)16-8-14(9-17(13(3)4)21(16)24)20(23)15-10-18(25-5)22(27-7)19(11-15)26-6/h8-13,24H,1-7H3. The highest BCUT2D eigenvalue weighted by molar-refractivity contribution is 6.10. The monoisotopic (exact) mass is 372 g/mol. The fourth-order valence-corrected chi connectivity index (χ4v) is 3.07. The normalized spacial score (nSPS) is 11.0. The Kier molecular flexibility index (Phi) is 6.37. The van der Waals surface area contributed by atoms with Gasteiger partial charge in [-0.1, -0.05) is 27.7 Å². The van der Waals surface area contributed by atoms with E-state index in [1.54, 1.807) is 24.3 Å². The molecule has 2 aromatic carbocycles. The molecule has 5 nitrogen and oxygen atoms in total. The van der Waals surface area contributed by atoms with Gasteiger partial charge in [-0.25, -0.2) is 0 Å². The molecule has 0 bridgehead atoms. The molecular weight excluding hydrogens is 344 g/mol. The maximum absolute atomic E-state index is 13.2. The molecule has 2 rings (SSSR count). The van der Waals surface area contributed by atoms with Crippen molar-refractivity contribution >= 4 is 5.78 Å². The fraction of sp³-hybridized carbons (Fsp3) is 0.409. The topological polar surface area (TPSA) is 65.0 Å². The molecule has 0 amide bonds. The van der Waals surface area contributed by atoms with Gasteiger partial charge in [0, 0.05) is 11.1 Å².